The van der Waals surface area contributed by atoms with Crippen LogP contribution in [0.3, 0.4) is 0 Å². The lowest BCUT2D eigenvalue weighted by molar-refractivity contribution is -0.120. The number of hydrogen-bond donors (Lipinski definition) is 0. The molecule has 1 fully saturated rings. The predicted octanol–water partition coefficient (Wildman–Crippen LogP) is 8.94. The van der Waals surface area contributed by atoms with Crippen LogP contribution < -0.4 is 4.74 Å². The van der Waals surface area contributed by atoms with E-state index in [-0.39, 0.29) is 11.2 Å². The topological polar surface area (TPSA) is 38.7 Å². The molecule has 0 radical (unpaired) electrons. The fourth-order valence-electron chi connectivity index (χ4n) is 2.86. The minimum absolute atomic E-state index is 0.167. The van der Waals surface area contributed by atoms with Gasteiger partial charge in [-0.25, -0.2) is 0 Å². The van der Waals surface area contributed by atoms with Crippen molar-refractivity contribution in [3.05, 3.63) is 23.8 Å². The Kier molecular flexibility index (Phi) is 12.9. The van der Waals surface area contributed by atoms with Crippen LogP contribution in [-0.4, -0.2) is 18.1 Å². The van der Waals surface area contributed by atoms with Crippen LogP contribution in [-0.2, 0) is 4.79 Å². The zero-order valence-electron chi connectivity index (χ0n) is 21.9. The molecule has 0 aromatic heterocycles. The molecule has 1 aliphatic carbocycles. The standard InChI is InChI=1S/C12H15F2NO.C10H18O.C5H12/c1-4-9(3)15-11-6-5-10(7-8(11)2)16-12(13)14;1-4-9(11)7-10(2,3)8-5-6-8;1-5(2,3)4/h5-7,12H,4H2,1-3H3;8H,4-7H2,1-3H3;1-4H3. The van der Waals surface area contributed by atoms with E-state index in [2.05, 4.69) is 51.3 Å². The quantitative estimate of drug-likeness (QED) is 0.368. The number of benzene rings is 1. The molecule has 3 nitrogen and oxygen atoms in total. The number of aliphatic imine (C=N–C) groups is 1. The van der Waals surface area contributed by atoms with E-state index >= 15 is 0 Å². The van der Waals surface area contributed by atoms with E-state index in [1.54, 1.807) is 12.1 Å². The predicted molar refractivity (Wildman–Crippen MR) is 132 cm³/mol. The third-order valence-electron chi connectivity index (χ3n) is 4.95. The van der Waals surface area contributed by atoms with Crippen LogP contribution in [0.1, 0.15) is 100.0 Å². The van der Waals surface area contributed by atoms with Crippen molar-refractivity contribution in [3.63, 3.8) is 0 Å². The summed E-state index contributed by atoms with van der Waals surface area (Å²) in [7, 11) is 0. The molecule has 184 valence electrons. The van der Waals surface area contributed by atoms with Crippen LogP contribution in [0.2, 0.25) is 0 Å². The number of nitrogens with zero attached hydrogens (tertiary/aromatic N) is 1. The first-order valence-corrected chi connectivity index (χ1v) is 11.7. The monoisotopic (exact) mass is 453 g/mol. The Hall–Kier alpha value is -1.78. The van der Waals surface area contributed by atoms with Gasteiger partial charge >= 0.3 is 6.61 Å². The molecule has 1 aromatic rings. The number of aryl methyl sites for hydroxylation is 1. The Morgan fingerprint density at radius 2 is 1.62 bits per heavy atom. The molecule has 0 N–H and O–H groups in total. The molecule has 5 heteroatoms. The molecular weight excluding hydrogens is 408 g/mol. The van der Waals surface area contributed by atoms with E-state index in [0.717, 1.165) is 35.7 Å². The number of ketones is 1. The fourth-order valence-corrected chi connectivity index (χ4v) is 2.86. The second kappa shape index (κ2) is 13.7. The van der Waals surface area contributed by atoms with Gasteiger partial charge in [0, 0.05) is 18.6 Å². The van der Waals surface area contributed by atoms with Crippen LogP contribution in [0.25, 0.3) is 0 Å². The molecule has 32 heavy (non-hydrogen) atoms. The van der Waals surface area contributed by atoms with Gasteiger partial charge in [-0.15, -0.1) is 0 Å². The summed E-state index contributed by atoms with van der Waals surface area (Å²) >= 11 is 0. The molecule has 0 unspecified atom stereocenters. The van der Waals surface area contributed by atoms with Gasteiger partial charge in [-0.1, -0.05) is 55.4 Å². The smallest absolute Gasteiger partial charge is 0.387 e. The lowest BCUT2D eigenvalue weighted by atomic mass is 9.82. The van der Waals surface area contributed by atoms with Crippen molar-refractivity contribution < 1.29 is 18.3 Å². The van der Waals surface area contributed by atoms with Crippen LogP contribution in [0.5, 0.6) is 5.75 Å². The second-order valence-electron chi connectivity index (χ2n) is 10.9. The third kappa shape index (κ3) is 15.1. The van der Waals surface area contributed by atoms with E-state index < -0.39 is 6.61 Å². The minimum Gasteiger partial charge on any atom is -0.435 e. The number of carbonyl (C=O) groups is 1. The number of rotatable bonds is 8. The molecule has 2 rings (SSSR count). The Labute approximate surface area is 195 Å². The van der Waals surface area contributed by atoms with Gasteiger partial charge in [-0.3, -0.25) is 9.79 Å². The summed E-state index contributed by atoms with van der Waals surface area (Å²) < 4.78 is 28.2. The van der Waals surface area contributed by atoms with Gasteiger partial charge in [-0.2, -0.15) is 8.78 Å². The van der Waals surface area contributed by atoms with Gasteiger partial charge in [0.2, 0.25) is 0 Å². The molecule has 0 saturated heterocycles. The first-order chi connectivity index (χ1) is 14.6. The Morgan fingerprint density at radius 1 is 1.09 bits per heavy atom. The van der Waals surface area contributed by atoms with E-state index in [4.69, 9.17) is 0 Å². The molecule has 0 atom stereocenters. The molecule has 1 aromatic carbocycles. The van der Waals surface area contributed by atoms with E-state index in [1.807, 2.05) is 27.7 Å². The lowest BCUT2D eigenvalue weighted by Gasteiger charge is -2.22. The van der Waals surface area contributed by atoms with Crippen molar-refractivity contribution in [1.82, 2.24) is 0 Å². The Bertz CT molecular complexity index is 724. The van der Waals surface area contributed by atoms with Gasteiger partial charge < -0.3 is 4.74 Å². The summed E-state index contributed by atoms with van der Waals surface area (Å²) in [6.45, 7) is 18.1. The maximum atomic E-state index is 12.0. The van der Waals surface area contributed by atoms with Gasteiger partial charge in [0.15, 0.2) is 0 Å². The Balaban J connectivity index is 0.000000518. The second-order valence-corrected chi connectivity index (χ2v) is 10.9. The molecule has 1 saturated carbocycles. The van der Waals surface area contributed by atoms with E-state index in [1.165, 1.54) is 18.9 Å². The summed E-state index contributed by atoms with van der Waals surface area (Å²) in [5.74, 6) is 1.42. The molecule has 0 spiro atoms. The lowest BCUT2D eigenvalue weighted by Crippen LogP contribution is -2.18. The first kappa shape index (κ1) is 30.2. The molecular formula is C27H45F2NO2. The average Bonchev–Trinajstić information content (AvgIpc) is 3.48. The summed E-state index contributed by atoms with van der Waals surface area (Å²) in [4.78, 5) is 15.5. The van der Waals surface area contributed by atoms with Crippen molar-refractivity contribution in [1.29, 1.82) is 0 Å². The van der Waals surface area contributed by atoms with E-state index in [0.29, 0.717) is 17.6 Å². The summed E-state index contributed by atoms with van der Waals surface area (Å²) in [6, 6.07) is 4.75. The van der Waals surface area contributed by atoms with Crippen LogP contribution in [0.4, 0.5) is 14.5 Å². The highest BCUT2D eigenvalue weighted by Gasteiger charge is 2.38. The largest absolute Gasteiger partial charge is 0.435 e. The normalized spacial score (nSPS) is 14.2. The number of halogens is 2. The zero-order valence-corrected chi connectivity index (χ0v) is 21.9. The summed E-state index contributed by atoms with van der Waals surface area (Å²) in [5.41, 5.74) is 3.41. The highest BCUT2D eigenvalue weighted by atomic mass is 19.3. The minimum atomic E-state index is -2.79. The number of Topliss-reactive ketones (excluding diaryl/α,β-unsaturated/α-hetero) is 1. The van der Waals surface area contributed by atoms with Crippen molar-refractivity contribution in [3.8, 4) is 5.75 Å². The first-order valence-electron chi connectivity index (χ1n) is 11.7. The summed E-state index contributed by atoms with van der Waals surface area (Å²) in [5, 5.41) is 0. The fraction of sp³-hybridized carbons (Fsp3) is 0.704. The van der Waals surface area contributed by atoms with E-state index in [9.17, 15) is 13.6 Å². The van der Waals surface area contributed by atoms with Crippen molar-refractivity contribution >= 4 is 17.2 Å². The Morgan fingerprint density at radius 3 is 2.00 bits per heavy atom. The van der Waals surface area contributed by atoms with Gasteiger partial charge in [-0.05, 0) is 73.6 Å². The molecule has 0 amide bonds. The maximum Gasteiger partial charge on any atom is 0.387 e. The number of alkyl halides is 2. The highest BCUT2D eigenvalue weighted by Crippen LogP contribution is 2.47. The van der Waals surface area contributed by atoms with Crippen molar-refractivity contribution in [2.24, 2.45) is 21.7 Å². The van der Waals surface area contributed by atoms with Gasteiger partial charge in [0.25, 0.3) is 0 Å². The zero-order chi connectivity index (χ0) is 25.1. The molecule has 1 aliphatic rings. The van der Waals surface area contributed by atoms with Crippen molar-refractivity contribution in [2.75, 3.05) is 0 Å². The molecule has 0 heterocycles. The number of carbonyl (C=O) groups excluding carboxylic acids is 1. The average molecular weight is 454 g/mol. The molecule has 0 aliphatic heterocycles. The van der Waals surface area contributed by atoms with Gasteiger partial charge in [0.1, 0.15) is 11.5 Å². The SMILES string of the molecule is CC(C)(C)C.CCC(=O)CC(C)(C)C1CC1.CCC(C)=Nc1ccc(OC(F)F)cc1C. The number of hydrogen-bond acceptors (Lipinski definition) is 3. The van der Waals surface area contributed by atoms with Crippen molar-refractivity contribution in [2.45, 2.75) is 108 Å². The highest BCUT2D eigenvalue weighted by molar-refractivity contribution is 5.84. The van der Waals surface area contributed by atoms with Crippen LogP contribution in [0.15, 0.2) is 23.2 Å². The van der Waals surface area contributed by atoms with Gasteiger partial charge in [0.05, 0.1) is 5.69 Å². The number of ether oxygens (including phenoxy) is 1. The third-order valence-corrected chi connectivity index (χ3v) is 4.95. The maximum absolute atomic E-state index is 12.0. The van der Waals surface area contributed by atoms with Crippen LogP contribution >= 0.6 is 0 Å². The van der Waals surface area contributed by atoms with Crippen LogP contribution in [0, 0.1) is 23.7 Å². The molecule has 0 bridgehead atoms. The summed E-state index contributed by atoms with van der Waals surface area (Å²) in [6.07, 6.45) is 5.03.